The van der Waals surface area contributed by atoms with Gasteiger partial charge >= 0.3 is 5.97 Å². The van der Waals surface area contributed by atoms with Crippen LogP contribution in [0.4, 0.5) is 0 Å². The largest absolute Gasteiger partial charge is 0.480 e. The van der Waals surface area contributed by atoms with Gasteiger partial charge in [0.2, 0.25) is 88.6 Å². The number of hydrogen-bond donors (Lipinski definition) is 25. The predicted molar refractivity (Wildman–Crippen MR) is 483 cm³/mol. The van der Waals surface area contributed by atoms with E-state index >= 15 is 0 Å². The van der Waals surface area contributed by atoms with Crippen molar-refractivity contribution in [3.8, 4) is 0 Å². The van der Waals surface area contributed by atoms with Crippen molar-refractivity contribution in [2.24, 2.45) is 75.6 Å². The Hall–Kier alpha value is -8.06. The summed E-state index contributed by atoms with van der Waals surface area (Å²) in [5.74, 6) is -14.3. The highest BCUT2D eigenvalue weighted by Gasteiger charge is 2.39. The minimum atomic E-state index is -1.45. The van der Waals surface area contributed by atoms with E-state index in [1.165, 1.54) is 6.92 Å². The van der Waals surface area contributed by atoms with Crippen molar-refractivity contribution < 1.29 is 81.8 Å². The summed E-state index contributed by atoms with van der Waals surface area (Å²) in [5, 5.41) is 49.6. The third-order valence-corrected chi connectivity index (χ3v) is 20.8. The highest BCUT2D eigenvalue weighted by molar-refractivity contribution is 7.80. The number of rotatable bonds is 69. The predicted octanol–water partition coefficient (Wildman–Crippen LogP) is -1.77. The quantitative estimate of drug-likeness (QED) is 0.0237. The maximum atomic E-state index is 14.7. The van der Waals surface area contributed by atoms with Crippen LogP contribution >= 0.6 is 25.3 Å². The van der Waals surface area contributed by atoms with Crippen molar-refractivity contribution in [2.75, 3.05) is 57.3 Å². The molecule has 0 aromatic rings. The lowest BCUT2D eigenvalue weighted by molar-refractivity contribution is -0.138. The Balaban J connectivity index is 7.26. The summed E-state index contributed by atoms with van der Waals surface area (Å²) in [4.78, 5) is 225. The van der Waals surface area contributed by atoms with E-state index in [2.05, 4.69) is 105 Å². The van der Waals surface area contributed by atoms with Gasteiger partial charge in [-0.3, -0.25) is 76.7 Å². The molecule has 41 heteroatoms. The summed E-state index contributed by atoms with van der Waals surface area (Å²) in [6.07, 6.45) is 5.66. The SMILES string of the molecule is CC(C)C[C@H](NC(=O)[C@H](CCCCN)NC(=O)[C@H](CC(C)C)NC(=O)[C@H](CC(C)C)NC(=O)[C@H](CCCCN)NC(=O)[C@H](CCCCN)NC(=O)[C@H](CS)NC(=O)[C@H](CC(C)C)NC(=O)[C@H](CCCCN)NC(=O)[C@H](CC(C)C)NC(=O)[C@H](CC(C)C)NC(=O)[C@H](CCCCN)NC(=O)[C@H](CCCCN)NC(=O)[C@@H](N)CS)C(=O)N[C@@H](C)C(=O)NCC(=O)O. The number of thiol groups is 2. The van der Waals surface area contributed by atoms with Crippen LogP contribution in [0.5, 0.6) is 0 Å². The van der Waals surface area contributed by atoms with E-state index in [-0.39, 0.29) is 157 Å². The molecule has 15 amide bonds. The summed E-state index contributed by atoms with van der Waals surface area (Å²) < 4.78 is 0. The minimum absolute atomic E-state index is 0.00380. The lowest BCUT2D eigenvalue weighted by atomic mass is 9.98. The molecule has 0 aromatic carbocycles. The average Bonchev–Trinajstić information content (AvgIpc) is 0.854. The fraction of sp³-hybridized carbons (Fsp3) is 0.807. The molecule has 0 aliphatic rings. The Bertz CT molecular complexity index is 3270. The topological polar surface area (TPSA) is 656 Å². The van der Waals surface area contributed by atoms with Crippen LogP contribution in [0.25, 0.3) is 0 Å². The Kier molecular flexibility index (Phi) is 61.2. The van der Waals surface area contributed by atoms with E-state index in [0.29, 0.717) is 83.6 Å². The molecule has 714 valence electrons. The summed E-state index contributed by atoms with van der Waals surface area (Å²) in [6, 6.07) is -18.9. The molecule has 0 saturated carbocycles. The number of amides is 15. The molecule has 15 atom stereocenters. The number of carboxylic acids is 1. The summed E-state index contributed by atoms with van der Waals surface area (Å²) in [6.45, 7) is 23.9. The Morgan fingerprint density at radius 1 is 0.234 bits per heavy atom. The monoisotopic (exact) mass is 1800 g/mol. The number of aliphatic carboxylic acids is 1. The van der Waals surface area contributed by atoms with Gasteiger partial charge in [-0.15, -0.1) is 0 Å². The maximum Gasteiger partial charge on any atom is 0.322 e. The molecule has 0 aromatic heterocycles. The van der Waals surface area contributed by atoms with E-state index < -0.39 is 192 Å². The van der Waals surface area contributed by atoms with E-state index in [0.717, 1.165) is 0 Å². The van der Waals surface area contributed by atoms with Gasteiger partial charge in [0.15, 0.2) is 0 Å². The second-order valence-electron chi connectivity index (χ2n) is 34.6. The zero-order valence-corrected chi connectivity index (χ0v) is 77.7. The molecule has 124 heavy (non-hydrogen) atoms. The van der Waals surface area contributed by atoms with Gasteiger partial charge < -0.3 is 125 Å². The van der Waals surface area contributed by atoms with Crippen molar-refractivity contribution in [3.63, 3.8) is 0 Å². The number of unbranched alkanes of at least 4 members (excludes halogenated alkanes) is 6. The first-order chi connectivity index (χ1) is 58.5. The number of carboxylic acid groups (broad SMARTS) is 1. The van der Waals surface area contributed by atoms with Gasteiger partial charge in [0.25, 0.3) is 0 Å². The van der Waals surface area contributed by atoms with Crippen molar-refractivity contribution in [3.05, 3.63) is 0 Å². The van der Waals surface area contributed by atoms with Crippen LogP contribution in [0.3, 0.4) is 0 Å². The van der Waals surface area contributed by atoms with Crippen molar-refractivity contribution in [1.29, 1.82) is 0 Å². The minimum Gasteiger partial charge on any atom is -0.480 e. The lowest BCUT2D eigenvalue weighted by Gasteiger charge is -2.29. The highest BCUT2D eigenvalue weighted by atomic mass is 32.1. The van der Waals surface area contributed by atoms with Crippen molar-refractivity contribution in [2.45, 2.75) is 335 Å². The summed E-state index contributed by atoms with van der Waals surface area (Å²) in [5.41, 5.74) is 41.0. The first-order valence-corrected chi connectivity index (χ1v) is 45.7. The van der Waals surface area contributed by atoms with Crippen LogP contribution in [0, 0.1) is 35.5 Å². The number of hydrogen-bond acceptors (Lipinski definition) is 25. The van der Waals surface area contributed by atoms with E-state index in [4.69, 9.17) is 45.2 Å². The van der Waals surface area contributed by atoms with Crippen LogP contribution in [0.2, 0.25) is 0 Å². The van der Waals surface area contributed by atoms with Gasteiger partial charge in [-0.25, -0.2) is 0 Å². The Morgan fingerprint density at radius 2 is 0.403 bits per heavy atom. The molecule has 0 unspecified atom stereocenters. The smallest absolute Gasteiger partial charge is 0.322 e. The van der Waals surface area contributed by atoms with Crippen LogP contribution in [0.15, 0.2) is 0 Å². The molecule has 0 rings (SSSR count). The molecule has 0 aliphatic heterocycles. The maximum absolute atomic E-state index is 14.7. The van der Waals surface area contributed by atoms with Crippen molar-refractivity contribution in [1.82, 2.24) is 79.8 Å². The number of carbonyl (C=O) groups is 16. The highest BCUT2D eigenvalue weighted by Crippen LogP contribution is 2.18. The molecule has 0 saturated heterocycles. The van der Waals surface area contributed by atoms with Gasteiger partial charge in [0.05, 0.1) is 6.04 Å². The molecule has 30 N–H and O–H groups in total. The molecule has 39 nitrogen and oxygen atoms in total. The van der Waals surface area contributed by atoms with Gasteiger partial charge in [-0.05, 0) is 236 Å². The fourth-order valence-electron chi connectivity index (χ4n) is 13.3. The molecule has 0 spiro atoms. The summed E-state index contributed by atoms with van der Waals surface area (Å²) in [7, 11) is 0. The number of carbonyl (C=O) groups excluding carboxylic acids is 15. The second kappa shape index (κ2) is 65.5. The normalized spacial score (nSPS) is 15.1. The lowest BCUT2D eigenvalue weighted by Crippen LogP contribution is -2.61. The van der Waals surface area contributed by atoms with Gasteiger partial charge in [0, 0.05) is 11.5 Å². The Labute approximate surface area is 745 Å². The van der Waals surface area contributed by atoms with E-state index in [1.54, 1.807) is 41.5 Å². The average molecular weight is 1800 g/mol. The molecular weight excluding hydrogens is 1640 g/mol. The van der Waals surface area contributed by atoms with Crippen LogP contribution in [-0.2, 0) is 76.7 Å². The van der Waals surface area contributed by atoms with E-state index in [9.17, 15) is 76.7 Å². The zero-order chi connectivity index (χ0) is 94.3. The molecule has 0 heterocycles. The third kappa shape index (κ3) is 49.7. The van der Waals surface area contributed by atoms with Crippen LogP contribution < -0.4 is 120 Å². The molecule has 0 fully saturated rings. The van der Waals surface area contributed by atoms with E-state index in [1.807, 2.05) is 41.5 Å². The molecule has 0 bridgehead atoms. The van der Waals surface area contributed by atoms with Crippen LogP contribution in [-0.4, -0.2) is 248 Å². The fourth-order valence-corrected chi connectivity index (χ4v) is 13.7. The Morgan fingerprint density at radius 3 is 0.581 bits per heavy atom. The van der Waals surface area contributed by atoms with Gasteiger partial charge in [0.1, 0.15) is 91.1 Å². The van der Waals surface area contributed by atoms with Gasteiger partial charge in [-0.1, -0.05) is 83.1 Å². The number of nitrogens with two attached hydrogens (primary N) is 7. The first kappa shape index (κ1) is 116. The number of nitrogens with one attached hydrogen (secondary N) is 15. The first-order valence-electron chi connectivity index (χ1n) is 44.4. The summed E-state index contributed by atoms with van der Waals surface area (Å²) >= 11 is 8.55. The molecule has 0 aliphatic carbocycles. The standard InChI is InChI=1S/C83H158N22O17S2/c1-47(2)38-61(77(116)92-53(13)69(108)91-44-68(106)107)99-75(114)59(30-18-24-36-88)96-78(117)62(39-48(3)4)103-81(120)65(42-51(9)10)101-74(113)58(29-17-23-35-87)95-72(111)56(27-15-21-33-85)98-83(122)67(46-124)105-82(121)66(43-52(11)12)102-76(115)60(31-19-25-37-89)97-79(118)63(40-49(5)6)104-80(119)64(41-50(7)8)100-73(112)57(28-16-22-34-86)94-71(110)55(26-14-20-32-84)93-70(109)54(90)45-123/h47-67,123-124H,14-46,84-90H2,1-13H3,(H,91,108)(H,92,116)(H,93,109)(H,94,110)(H,95,111)(H,96,117)(H,97,118)(H,98,122)(H,99,114)(H,100,112)(H,101,113)(H,102,115)(H,103,120)(H,104,119)(H,105,121)(H,106,107)/t53-,54-,55-,56-,57-,58-,59-,60-,61-,62-,63-,64-,65-,66-,67-/m0/s1. The molecular formula is C83H158N22O17S2. The van der Waals surface area contributed by atoms with Crippen LogP contribution in [0.1, 0.15) is 244 Å². The third-order valence-electron chi connectivity index (χ3n) is 20.0. The zero-order valence-electron chi connectivity index (χ0n) is 75.9. The van der Waals surface area contributed by atoms with Gasteiger partial charge in [-0.2, -0.15) is 25.3 Å². The van der Waals surface area contributed by atoms with Crippen molar-refractivity contribution >= 4 is 120 Å². The molecule has 0 radical (unpaired) electrons. The second-order valence-corrected chi connectivity index (χ2v) is 35.3.